The quantitative estimate of drug-likeness (QED) is 0.562. The number of fused-ring (bicyclic) bond motifs is 1. The highest BCUT2D eigenvalue weighted by Crippen LogP contribution is 2.19. The van der Waals surface area contributed by atoms with Crippen molar-refractivity contribution < 1.29 is 0 Å². The molecule has 0 aliphatic heterocycles. The first-order valence-corrected chi connectivity index (χ1v) is 6.57. The van der Waals surface area contributed by atoms with Gasteiger partial charge in [0.15, 0.2) is 0 Å². The fourth-order valence-electron chi connectivity index (χ4n) is 2.17. The Hall–Kier alpha value is -2.96. The van der Waals surface area contributed by atoms with Crippen molar-refractivity contribution in [3.05, 3.63) is 52.6 Å². The van der Waals surface area contributed by atoms with Crippen molar-refractivity contribution in [2.75, 3.05) is 5.43 Å². The fraction of sp³-hybridized carbons (Fsp3) is 0.143. The van der Waals surface area contributed by atoms with Crippen molar-refractivity contribution in [1.29, 1.82) is 0 Å². The summed E-state index contributed by atoms with van der Waals surface area (Å²) in [7, 11) is 0. The third-order valence-corrected chi connectivity index (χ3v) is 3.11. The maximum Gasteiger partial charge on any atom is 0.271 e. The number of nitrogens with zero attached hydrogens (tertiary/aromatic N) is 4. The van der Waals surface area contributed by atoms with Crippen molar-refractivity contribution >= 4 is 23.1 Å². The average molecular weight is 282 g/mol. The predicted octanol–water partition coefficient (Wildman–Crippen LogP) is 1.59. The van der Waals surface area contributed by atoms with E-state index in [0.717, 1.165) is 29.2 Å². The van der Waals surface area contributed by atoms with E-state index in [1.54, 1.807) is 6.21 Å². The van der Waals surface area contributed by atoms with Gasteiger partial charge in [-0.3, -0.25) is 9.78 Å². The first kappa shape index (κ1) is 13.0. The molecule has 0 unspecified atom stereocenters. The lowest BCUT2D eigenvalue weighted by atomic mass is 10.2. The molecule has 3 aromatic rings. The third kappa shape index (κ3) is 2.66. The molecule has 0 bridgehead atoms. The van der Waals surface area contributed by atoms with E-state index in [-0.39, 0.29) is 11.5 Å². The molecule has 106 valence electrons. The van der Waals surface area contributed by atoms with Crippen LogP contribution in [0.25, 0.3) is 10.9 Å². The highest BCUT2D eigenvalue weighted by atomic mass is 16.1. The topological polar surface area (TPSA) is 88.0 Å². The van der Waals surface area contributed by atoms with Gasteiger partial charge in [0.25, 0.3) is 5.56 Å². The number of para-hydroxylation sites is 1. The number of hydrogen-bond donors (Lipinski definition) is 2. The lowest BCUT2D eigenvalue weighted by Crippen LogP contribution is -2.10. The summed E-state index contributed by atoms with van der Waals surface area (Å²) >= 11 is 0. The number of benzene rings is 1. The number of hydrazone groups is 1. The van der Waals surface area contributed by atoms with Crippen LogP contribution in [-0.4, -0.2) is 26.0 Å². The summed E-state index contributed by atoms with van der Waals surface area (Å²) in [4.78, 5) is 13.6. The maximum atomic E-state index is 11.1. The molecule has 2 heterocycles. The van der Waals surface area contributed by atoms with E-state index in [4.69, 9.17) is 0 Å². The Kier molecular flexibility index (Phi) is 3.46. The molecule has 0 aliphatic carbocycles. The zero-order valence-electron chi connectivity index (χ0n) is 11.4. The molecule has 0 saturated carbocycles. The van der Waals surface area contributed by atoms with Gasteiger partial charge in [-0.25, -0.2) is 5.43 Å². The first-order valence-electron chi connectivity index (χ1n) is 6.57. The van der Waals surface area contributed by atoms with Gasteiger partial charge in [-0.15, -0.1) is 10.2 Å². The predicted molar refractivity (Wildman–Crippen MR) is 81.5 cm³/mol. The molecule has 0 atom stereocenters. The Morgan fingerprint density at radius 3 is 3.10 bits per heavy atom. The van der Waals surface area contributed by atoms with E-state index in [1.165, 1.54) is 0 Å². The van der Waals surface area contributed by atoms with Crippen LogP contribution < -0.4 is 11.0 Å². The second kappa shape index (κ2) is 5.58. The van der Waals surface area contributed by atoms with E-state index in [2.05, 4.69) is 43.3 Å². The smallest absolute Gasteiger partial charge is 0.271 e. The Morgan fingerprint density at radius 2 is 2.29 bits per heavy atom. The first-order chi connectivity index (χ1) is 10.3. The van der Waals surface area contributed by atoms with E-state index in [9.17, 15) is 4.79 Å². The van der Waals surface area contributed by atoms with Crippen LogP contribution in [0.3, 0.4) is 0 Å². The number of aromatic nitrogens is 4. The molecular formula is C14H14N6O. The second-order valence-corrected chi connectivity index (χ2v) is 4.44. The minimum absolute atomic E-state index is 0.206. The lowest BCUT2D eigenvalue weighted by molar-refractivity contribution is 0.797. The van der Waals surface area contributed by atoms with Gasteiger partial charge >= 0.3 is 0 Å². The molecule has 0 saturated heterocycles. The molecule has 0 spiro atoms. The Morgan fingerprint density at radius 1 is 1.43 bits per heavy atom. The third-order valence-electron chi connectivity index (χ3n) is 3.11. The Bertz CT molecular complexity index is 848. The molecule has 21 heavy (non-hydrogen) atoms. The molecule has 2 aromatic heterocycles. The van der Waals surface area contributed by atoms with Crippen LogP contribution >= 0.6 is 0 Å². The van der Waals surface area contributed by atoms with Gasteiger partial charge in [-0.05, 0) is 13.0 Å². The maximum absolute atomic E-state index is 11.1. The number of hydrogen-bond acceptors (Lipinski definition) is 5. The van der Waals surface area contributed by atoms with Crippen LogP contribution in [0.1, 0.15) is 12.5 Å². The summed E-state index contributed by atoms with van der Waals surface area (Å²) in [5.74, 6) is 0.206. The van der Waals surface area contributed by atoms with E-state index >= 15 is 0 Å². The van der Waals surface area contributed by atoms with Gasteiger partial charge in [-0.1, -0.05) is 18.2 Å². The van der Waals surface area contributed by atoms with Gasteiger partial charge in [0.05, 0.1) is 6.21 Å². The number of H-pyrrole nitrogens is 1. The molecule has 3 rings (SSSR count). The van der Waals surface area contributed by atoms with Crippen LogP contribution in [0, 0.1) is 0 Å². The van der Waals surface area contributed by atoms with Gasteiger partial charge in [-0.2, -0.15) is 5.10 Å². The molecule has 0 radical (unpaired) electrons. The number of rotatable bonds is 4. The van der Waals surface area contributed by atoms with Crippen LogP contribution in [-0.2, 0) is 6.54 Å². The number of aryl methyl sites for hydroxylation is 1. The summed E-state index contributed by atoms with van der Waals surface area (Å²) in [5, 5.41) is 12.5. The normalized spacial score (nSPS) is 11.3. The summed E-state index contributed by atoms with van der Waals surface area (Å²) in [6.07, 6.45) is 4.83. The standard InChI is InChI=1S/C14H14N6O/c1-2-20-9-10(11-5-3-4-6-12(11)20)7-15-18-14-17-13(21)8-16-19-14/h3-9H,2H2,1H3,(H2,17,18,19,21)/b15-7+. The van der Waals surface area contributed by atoms with E-state index in [0.29, 0.717) is 0 Å². The van der Waals surface area contributed by atoms with Crippen LogP contribution in [0.5, 0.6) is 0 Å². The molecule has 7 heteroatoms. The van der Waals surface area contributed by atoms with E-state index < -0.39 is 0 Å². The largest absolute Gasteiger partial charge is 0.347 e. The van der Waals surface area contributed by atoms with E-state index in [1.807, 2.05) is 24.4 Å². The Balaban J connectivity index is 1.88. The fourth-order valence-corrected chi connectivity index (χ4v) is 2.17. The number of anilines is 1. The average Bonchev–Trinajstić information content (AvgIpc) is 2.86. The minimum Gasteiger partial charge on any atom is -0.347 e. The van der Waals surface area contributed by atoms with Crippen molar-refractivity contribution in [2.45, 2.75) is 13.5 Å². The molecule has 0 amide bonds. The number of aromatic amines is 1. The van der Waals surface area contributed by atoms with Gasteiger partial charge < -0.3 is 4.57 Å². The lowest BCUT2D eigenvalue weighted by Gasteiger charge is -1.97. The molecule has 2 N–H and O–H groups in total. The summed E-state index contributed by atoms with van der Waals surface area (Å²) < 4.78 is 2.15. The molecule has 0 aliphatic rings. The van der Waals surface area contributed by atoms with Crippen molar-refractivity contribution in [1.82, 2.24) is 19.7 Å². The second-order valence-electron chi connectivity index (χ2n) is 4.44. The zero-order valence-corrected chi connectivity index (χ0v) is 11.4. The minimum atomic E-state index is -0.328. The molecule has 0 fully saturated rings. The highest BCUT2D eigenvalue weighted by Gasteiger charge is 2.04. The van der Waals surface area contributed by atoms with Gasteiger partial charge in [0.1, 0.15) is 6.20 Å². The molecule has 7 nitrogen and oxygen atoms in total. The monoisotopic (exact) mass is 282 g/mol. The van der Waals surface area contributed by atoms with Gasteiger partial charge in [0.2, 0.25) is 5.95 Å². The van der Waals surface area contributed by atoms with Crippen molar-refractivity contribution in [3.8, 4) is 0 Å². The summed E-state index contributed by atoms with van der Waals surface area (Å²) in [6, 6.07) is 8.13. The van der Waals surface area contributed by atoms with Crippen molar-refractivity contribution in [3.63, 3.8) is 0 Å². The molecular weight excluding hydrogens is 268 g/mol. The Labute approximate surface area is 120 Å². The molecule has 1 aromatic carbocycles. The summed E-state index contributed by atoms with van der Waals surface area (Å²) in [6.45, 7) is 2.98. The highest BCUT2D eigenvalue weighted by molar-refractivity contribution is 5.99. The van der Waals surface area contributed by atoms with Crippen molar-refractivity contribution in [2.24, 2.45) is 5.10 Å². The number of nitrogens with one attached hydrogen (secondary N) is 2. The van der Waals surface area contributed by atoms with Crippen LogP contribution in [0.4, 0.5) is 5.95 Å². The summed E-state index contributed by atoms with van der Waals surface area (Å²) in [5.41, 5.74) is 4.48. The van der Waals surface area contributed by atoms with Crippen LogP contribution in [0.2, 0.25) is 0 Å². The van der Waals surface area contributed by atoms with Gasteiger partial charge in [0, 0.05) is 29.2 Å². The SMILES string of the molecule is CCn1cc(/C=N/Nc2nncc(=O)[nH]2)c2ccccc21. The van der Waals surface area contributed by atoms with Crippen LogP contribution in [0.15, 0.2) is 46.6 Å². The zero-order chi connectivity index (χ0) is 14.7.